The largest absolute Gasteiger partial charge is 0.503 e. The molecular formula is C24H26ClF2N3O2S. The van der Waals surface area contributed by atoms with Crippen molar-refractivity contribution in [3.05, 3.63) is 52.6 Å². The van der Waals surface area contributed by atoms with E-state index in [9.17, 15) is 18.7 Å². The van der Waals surface area contributed by atoms with Crippen LogP contribution >= 0.6 is 23.5 Å². The molecule has 2 aromatic rings. The van der Waals surface area contributed by atoms with E-state index < -0.39 is 11.6 Å². The molecule has 3 aliphatic rings. The van der Waals surface area contributed by atoms with Crippen LogP contribution in [0.25, 0.3) is 0 Å². The minimum Gasteiger partial charge on any atom is -0.503 e. The quantitative estimate of drug-likeness (QED) is 0.563. The van der Waals surface area contributed by atoms with E-state index in [1.165, 1.54) is 43.0 Å². The van der Waals surface area contributed by atoms with E-state index in [2.05, 4.69) is 9.21 Å². The van der Waals surface area contributed by atoms with Crippen LogP contribution in [0.4, 0.5) is 14.5 Å². The van der Waals surface area contributed by atoms with Gasteiger partial charge in [-0.1, -0.05) is 11.6 Å². The van der Waals surface area contributed by atoms with Crippen LogP contribution < -0.4 is 4.90 Å². The number of likely N-dealkylation sites (tertiary alicyclic amines) is 1. The van der Waals surface area contributed by atoms with E-state index >= 15 is 0 Å². The lowest BCUT2D eigenvalue weighted by Crippen LogP contribution is -2.55. The van der Waals surface area contributed by atoms with Gasteiger partial charge in [0.25, 0.3) is 5.91 Å². The molecule has 2 heterocycles. The summed E-state index contributed by atoms with van der Waals surface area (Å²) in [6.07, 6.45) is 4.17. The molecule has 5 nitrogen and oxygen atoms in total. The Morgan fingerprint density at radius 2 is 1.85 bits per heavy atom. The highest BCUT2D eigenvalue weighted by molar-refractivity contribution is 7.97. The van der Waals surface area contributed by atoms with Gasteiger partial charge in [0.05, 0.1) is 16.3 Å². The van der Waals surface area contributed by atoms with E-state index in [-0.39, 0.29) is 34.3 Å². The first-order valence-electron chi connectivity index (χ1n) is 11.2. The number of hydrogen-bond donors (Lipinski definition) is 1. The van der Waals surface area contributed by atoms with Crippen molar-refractivity contribution in [2.45, 2.75) is 42.7 Å². The van der Waals surface area contributed by atoms with Gasteiger partial charge in [-0.25, -0.2) is 13.1 Å². The number of fused-ring (bicyclic) bond motifs is 2. The summed E-state index contributed by atoms with van der Waals surface area (Å²) in [6, 6.07) is 6.94. The van der Waals surface area contributed by atoms with Gasteiger partial charge in [0.15, 0.2) is 11.6 Å². The summed E-state index contributed by atoms with van der Waals surface area (Å²) in [5.74, 6) is -0.981. The fourth-order valence-corrected chi connectivity index (χ4v) is 6.20. The molecule has 2 aliphatic heterocycles. The number of phenolic OH excluding ortho intramolecular Hbond substituents is 1. The van der Waals surface area contributed by atoms with Gasteiger partial charge in [-0.2, -0.15) is 0 Å². The zero-order chi connectivity index (χ0) is 23.3. The van der Waals surface area contributed by atoms with Crippen molar-refractivity contribution in [1.29, 1.82) is 0 Å². The van der Waals surface area contributed by atoms with E-state index in [1.807, 2.05) is 13.1 Å². The van der Waals surface area contributed by atoms with Gasteiger partial charge < -0.3 is 14.9 Å². The molecule has 2 aromatic carbocycles. The van der Waals surface area contributed by atoms with Crippen LogP contribution in [0, 0.1) is 17.6 Å². The van der Waals surface area contributed by atoms with Gasteiger partial charge in [-0.05, 0) is 80.9 Å². The molecule has 2 atom stereocenters. The Bertz CT molecular complexity index is 1070. The standard InChI is InChI=1S/C24H26ClF2N3O2S/c1-28(11-14-2-3-14)33-18-9-21(27)23(31)22(10-18)30-16-5-6-17(30)13-29(12-16)24(32)19-7-4-15(26)8-20(19)25/h4,7-10,14,16-17,31H,2-3,5-6,11-13H2,1H3. The molecule has 2 saturated heterocycles. The Hall–Kier alpha value is -2.03. The average Bonchev–Trinajstić information content (AvgIpc) is 3.53. The smallest absolute Gasteiger partial charge is 0.255 e. The second kappa shape index (κ2) is 8.96. The second-order valence-corrected chi connectivity index (χ2v) is 10.9. The van der Waals surface area contributed by atoms with E-state index in [1.54, 1.807) is 4.90 Å². The molecule has 3 fully saturated rings. The zero-order valence-corrected chi connectivity index (χ0v) is 19.9. The van der Waals surface area contributed by atoms with Gasteiger partial charge in [0.2, 0.25) is 0 Å². The number of amides is 1. The molecule has 1 saturated carbocycles. The van der Waals surface area contributed by atoms with Crippen LogP contribution in [0.15, 0.2) is 35.2 Å². The van der Waals surface area contributed by atoms with Crippen LogP contribution in [0.5, 0.6) is 5.75 Å². The number of hydrogen-bond acceptors (Lipinski definition) is 5. The molecule has 9 heteroatoms. The molecule has 33 heavy (non-hydrogen) atoms. The summed E-state index contributed by atoms with van der Waals surface area (Å²) in [7, 11) is 2.00. The second-order valence-electron chi connectivity index (χ2n) is 9.24. The van der Waals surface area contributed by atoms with Crippen molar-refractivity contribution in [3.8, 4) is 5.75 Å². The maximum absolute atomic E-state index is 14.7. The maximum Gasteiger partial charge on any atom is 0.255 e. The molecule has 176 valence electrons. The van der Waals surface area contributed by atoms with Crippen molar-refractivity contribution in [3.63, 3.8) is 0 Å². The molecule has 0 spiro atoms. The van der Waals surface area contributed by atoms with E-state index in [0.717, 1.165) is 36.3 Å². The van der Waals surface area contributed by atoms with Crippen LogP contribution in [-0.2, 0) is 0 Å². The van der Waals surface area contributed by atoms with Gasteiger partial charge in [-0.3, -0.25) is 4.79 Å². The monoisotopic (exact) mass is 493 g/mol. The predicted molar refractivity (Wildman–Crippen MR) is 126 cm³/mol. The number of aromatic hydroxyl groups is 1. The summed E-state index contributed by atoms with van der Waals surface area (Å²) in [6.45, 7) is 1.83. The third kappa shape index (κ3) is 4.66. The number of anilines is 1. The minimum atomic E-state index is -0.633. The van der Waals surface area contributed by atoms with Crippen molar-refractivity contribution < 1.29 is 18.7 Å². The normalized spacial score (nSPS) is 22.3. The number of carbonyl (C=O) groups excluding carboxylic acids is 1. The minimum absolute atomic E-state index is 0.0401. The predicted octanol–water partition coefficient (Wildman–Crippen LogP) is 5.17. The van der Waals surface area contributed by atoms with Crippen molar-refractivity contribution in [2.24, 2.45) is 5.92 Å². The highest BCUT2D eigenvalue weighted by atomic mass is 35.5. The molecule has 0 radical (unpaired) electrons. The third-order valence-corrected chi connectivity index (χ3v) is 7.92. The number of carbonyl (C=O) groups is 1. The molecule has 1 amide bonds. The van der Waals surface area contributed by atoms with Gasteiger partial charge in [0.1, 0.15) is 5.82 Å². The van der Waals surface area contributed by atoms with Crippen molar-refractivity contribution in [1.82, 2.24) is 9.21 Å². The summed E-state index contributed by atoms with van der Waals surface area (Å²) in [5.41, 5.74) is 0.758. The summed E-state index contributed by atoms with van der Waals surface area (Å²) in [5, 5.41) is 10.7. The zero-order valence-electron chi connectivity index (χ0n) is 18.3. The fourth-order valence-electron chi connectivity index (χ4n) is 4.99. The van der Waals surface area contributed by atoms with Crippen LogP contribution in [0.2, 0.25) is 5.02 Å². The summed E-state index contributed by atoms with van der Waals surface area (Å²) >= 11 is 7.60. The topological polar surface area (TPSA) is 47.0 Å². The first-order valence-corrected chi connectivity index (χ1v) is 12.4. The molecular weight excluding hydrogens is 468 g/mol. The Morgan fingerprint density at radius 1 is 1.15 bits per heavy atom. The maximum atomic E-state index is 14.7. The number of benzene rings is 2. The van der Waals surface area contributed by atoms with Crippen LogP contribution in [0.3, 0.4) is 0 Å². The lowest BCUT2D eigenvalue weighted by molar-refractivity contribution is 0.0718. The number of phenols is 1. The Labute approximate surface area is 201 Å². The lowest BCUT2D eigenvalue weighted by atomic mass is 10.1. The third-order valence-electron chi connectivity index (χ3n) is 6.70. The molecule has 5 rings (SSSR count). The Balaban J connectivity index is 1.35. The van der Waals surface area contributed by atoms with Crippen molar-refractivity contribution in [2.75, 3.05) is 31.6 Å². The summed E-state index contributed by atoms with van der Waals surface area (Å²) < 4.78 is 30.2. The fraction of sp³-hybridized carbons (Fsp3) is 0.458. The van der Waals surface area contributed by atoms with Gasteiger partial charge >= 0.3 is 0 Å². The van der Waals surface area contributed by atoms with Gasteiger partial charge in [-0.15, -0.1) is 0 Å². The number of rotatable bonds is 6. The molecule has 0 aromatic heterocycles. The van der Waals surface area contributed by atoms with Crippen LogP contribution in [-0.4, -0.2) is 59.0 Å². The molecule has 1 N–H and O–H groups in total. The lowest BCUT2D eigenvalue weighted by Gasteiger charge is -2.42. The highest BCUT2D eigenvalue weighted by Crippen LogP contribution is 2.43. The van der Waals surface area contributed by atoms with Crippen molar-refractivity contribution >= 4 is 35.1 Å². The molecule has 2 bridgehead atoms. The molecule has 1 aliphatic carbocycles. The Morgan fingerprint density at radius 3 is 2.48 bits per heavy atom. The summed E-state index contributed by atoms with van der Waals surface area (Å²) in [4.78, 5) is 17.6. The van der Waals surface area contributed by atoms with Gasteiger partial charge in [0, 0.05) is 36.6 Å². The highest BCUT2D eigenvalue weighted by Gasteiger charge is 2.43. The van der Waals surface area contributed by atoms with E-state index in [0.29, 0.717) is 18.8 Å². The number of halogens is 3. The van der Waals surface area contributed by atoms with E-state index in [4.69, 9.17) is 11.6 Å². The number of nitrogens with zero attached hydrogens (tertiary/aromatic N) is 3. The average molecular weight is 494 g/mol. The first kappa shape index (κ1) is 22.7. The first-order chi connectivity index (χ1) is 15.8. The SMILES string of the molecule is CN(CC1CC1)Sc1cc(F)c(O)c(N2C3CCC2CN(C(=O)c2ccc(F)cc2Cl)C3)c1. The Kier molecular flexibility index (Phi) is 6.18. The van der Waals surface area contributed by atoms with Crippen LogP contribution in [0.1, 0.15) is 36.0 Å². The molecule has 2 unspecified atom stereocenters. The number of piperazine rings is 1.